The molecule has 0 unspecified atom stereocenters. The molecule has 0 saturated carbocycles. The van der Waals surface area contributed by atoms with Crippen molar-refractivity contribution in [1.29, 1.82) is 0 Å². The number of halogens is 1. The fraction of sp³-hybridized carbons (Fsp3) is 0.364. The molecule has 19 heavy (non-hydrogen) atoms. The highest BCUT2D eigenvalue weighted by Gasteiger charge is 2.21. The van der Waals surface area contributed by atoms with Crippen LogP contribution in [0.3, 0.4) is 0 Å². The number of anilines is 1. The zero-order valence-corrected chi connectivity index (χ0v) is 11.5. The zero-order chi connectivity index (χ0) is 14.6. The first-order chi connectivity index (χ1) is 8.77. The Morgan fingerprint density at radius 2 is 2.05 bits per heavy atom. The van der Waals surface area contributed by atoms with Gasteiger partial charge in [0.25, 0.3) is 10.0 Å². The first-order valence-corrected chi connectivity index (χ1v) is 7.12. The lowest BCUT2D eigenvalue weighted by Crippen LogP contribution is -2.39. The number of hydrogen-bond donors (Lipinski definition) is 3. The van der Waals surface area contributed by atoms with E-state index in [4.69, 9.17) is 5.73 Å². The molecule has 0 saturated heterocycles. The van der Waals surface area contributed by atoms with E-state index in [1.807, 2.05) is 11.6 Å². The third-order valence-corrected chi connectivity index (χ3v) is 3.82. The highest BCUT2D eigenvalue weighted by Crippen LogP contribution is 2.21. The molecule has 4 N–H and O–H groups in total. The van der Waals surface area contributed by atoms with Gasteiger partial charge in [-0.25, -0.2) is 22.3 Å². The summed E-state index contributed by atoms with van der Waals surface area (Å²) in [5, 5.41) is 2.37. The lowest BCUT2D eigenvalue weighted by Gasteiger charge is -2.11. The Bertz CT molecular complexity index is 587. The Morgan fingerprint density at radius 1 is 1.42 bits per heavy atom. The Kier molecular flexibility index (Phi) is 4.71. The SMILES string of the molecule is CCCNC(=O)NS(=O)(=O)c1cc(N)c(F)cc1C. The van der Waals surface area contributed by atoms with Crippen LogP contribution in [0.5, 0.6) is 0 Å². The molecule has 0 spiro atoms. The van der Waals surface area contributed by atoms with Crippen LogP contribution < -0.4 is 15.8 Å². The van der Waals surface area contributed by atoms with Crippen LogP contribution in [-0.4, -0.2) is 21.0 Å². The molecule has 0 fully saturated rings. The van der Waals surface area contributed by atoms with Gasteiger partial charge in [-0.2, -0.15) is 0 Å². The maximum absolute atomic E-state index is 13.2. The molecule has 106 valence electrons. The fourth-order valence-electron chi connectivity index (χ4n) is 1.41. The molecule has 2 amide bonds. The van der Waals surface area contributed by atoms with Gasteiger partial charge in [-0.1, -0.05) is 6.92 Å². The van der Waals surface area contributed by atoms with Crippen molar-refractivity contribution in [2.24, 2.45) is 0 Å². The molecule has 8 heteroatoms. The van der Waals surface area contributed by atoms with E-state index < -0.39 is 21.9 Å². The summed E-state index contributed by atoms with van der Waals surface area (Å²) in [5.74, 6) is -0.702. The van der Waals surface area contributed by atoms with Gasteiger partial charge in [0.1, 0.15) is 5.82 Å². The molecule has 0 aliphatic carbocycles. The largest absolute Gasteiger partial charge is 0.396 e. The number of nitrogen functional groups attached to an aromatic ring is 1. The van der Waals surface area contributed by atoms with Gasteiger partial charge in [0.15, 0.2) is 0 Å². The number of benzene rings is 1. The molecule has 6 nitrogen and oxygen atoms in total. The minimum Gasteiger partial charge on any atom is -0.396 e. The number of nitrogens with two attached hydrogens (primary N) is 1. The second-order valence-electron chi connectivity index (χ2n) is 4.00. The highest BCUT2D eigenvalue weighted by atomic mass is 32.2. The van der Waals surface area contributed by atoms with Crippen LogP contribution in [-0.2, 0) is 10.0 Å². The summed E-state index contributed by atoms with van der Waals surface area (Å²) in [7, 11) is -4.07. The van der Waals surface area contributed by atoms with Crippen LogP contribution >= 0.6 is 0 Å². The lowest BCUT2D eigenvalue weighted by atomic mass is 10.2. The Balaban J connectivity index is 3.01. The quantitative estimate of drug-likeness (QED) is 0.723. The Morgan fingerprint density at radius 3 is 2.63 bits per heavy atom. The number of nitrogens with one attached hydrogen (secondary N) is 2. The van der Waals surface area contributed by atoms with Gasteiger partial charge in [-0.05, 0) is 31.0 Å². The molecule has 1 rings (SSSR count). The van der Waals surface area contributed by atoms with Gasteiger partial charge >= 0.3 is 6.03 Å². The maximum atomic E-state index is 13.2. The number of carbonyl (C=O) groups is 1. The average molecular weight is 289 g/mol. The molecule has 0 atom stereocenters. The molecule has 0 heterocycles. The standard InChI is InChI=1S/C11H16FN3O3S/c1-3-4-14-11(16)15-19(17,18)10-6-9(13)8(12)5-7(10)2/h5-6H,3-4,13H2,1-2H3,(H2,14,15,16). The first kappa shape index (κ1) is 15.2. The first-order valence-electron chi connectivity index (χ1n) is 5.64. The van der Waals surface area contributed by atoms with Gasteiger partial charge in [0.05, 0.1) is 10.6 Å². The number of aryl methyl sites for hydroxylation is 1. The van der Waals surface area contributed by atoms with Crippen LogP contribution in [0.25, 0.3) is 0 Å². The minimum absolute atomic E-state index is 0.169. The van der Waals surface area contributed by atoms with Gasteiger partial charge in [-0.15, -0.1) is 0 Å². The summed E-state index contributed by atoms with van der Waals surface area (Å²) < 4.78 is 38.9. The van der Waals surface area contributed by atoms with Gasteiger partial charge in [-0.3, -0.25) is 0 Å². The predicted octanol–water partition coefficient (Wildman–Crippen LogP) is 1.11. The Hall–Kier alpha value is -1.83. The summed E-state index contributed by atoms with van der Waals surface area (Å²) in [6.45, 7) is 3.60. The summed E-state index contributed by atoms with van der Waals surface area (Å²) in [6.07, 6.45) is 0.677. The monoisotopic (exact) mass is 289 g/mol. The van der Waals surface area contributed by atoms with Crippen LogP contribution in [0, 0.1) is 12.7 Å². The van der Waals surface area contributed by atoms with E-state index in [0.717, 1.165) is 12.1 Å². The summed E-state index contributed by atoms with van der Waals surface area (Å²) in [4.78, 5) is 11.1. The van der Waals surface area contributed by atoms with E-state index in [2.05, 4.69) is 5.32 Å². The molecule has 0 aliphatic heterocycles. The number of urea groups is 1. The van der Waals surface area contributed by atoms with Crippen molar-refractivity contribution in [1.82, 2.24) is 10.0 Å². The zero-order valence-electron chi connectivity index (χ0n) is 10.7. The third kappa shape index (κ3) is 3.82. The number of rotatable bonds is 4. The minimum atomic E-state index is -4.07. The Labute approximate surface area is 111 Å². The molecule has 0 aromatic heterocycles. The number of hydrogen-bond acceptors (Lipinski definition) is 4. The molecular weight excluding hydrogens is 273 g/mol. The molecule has 1 aromatic rings. The summed E-state index contributed by atoms with van der Waals surface area (Å²) >= 11 is 0. The second-order valence-corrected chi connectivity index (χ2v) is 5.65. The summed E-state index contributed by atoms with van der Waals surface area (Å²) in [6, 6.07) is 1.16. The number of sulfonamides is 1. The topological polar surface area (TPSA) is 101 Å². The van der Waals surface area contributed by atoms with Crippen LogP contribution in [0.1, 0.15) is 18.9 Å². The fourth-order valence-corrected chi connectivity index (χ4v) is 2.60. The van der Waals surface area contributed by atoms with Crippen molar-refractivity contribution in [2.45, 2.75) is 25.2 Å². The van der Waals surface area contributed by atoms with Crippen LogP contribution in [0.4, 0.5) is 14.9 Å². The van der Waals surface area contributed by atoms with E-state index >= 15 is 0 Å². The van der Waals surface area contributed by atoms with E-state index in [0.29, 0.717) is 13.0 Å². The van der Waals surface area contributed by atoms with E-state index in [1.54, 1.807) is 0 Å². The molecule has 1 aromatic carbocycles. The van der Waals surface area contributed by atoms with Gasteiger partial charge < -0.3 is 11.1 Å². The van der Waals surface area contributed by atoms with Crippen molar-refractivity contribution >= 4 is 21.7 Å². The van der Waals surface area contributed by atoms with Crippen molar-refractivity contribution < 1.29 is 17.6 Å². The molecule has 0 aliphatic rings. The van der Waals surface area contributed by atoms with Crippen molar-refractivity contribution in [3.63, 3.8) is 0 Å². The van der Waals surface area contributed by atoms with Gasteiger partial charge in [0, 0.05) is 6.54 Å². The smallest absolute Gasteiger partial charge is 0.328 e. The van der Waals surface area contributed by atoms with Crippen LogP contribution in [0.2, 0.25) is 0 Å². The lowest BCUT2D eigenvalue weighted by molar-refractivity contribution is 0.246. The normalized spacial score (nSPS) is 11.1. The average Bonchev–Trinajstić information content (AvgIpc) is 2.30. The molecular formula is C11H16FN3O3S. The van der Waals surface area contributed by atoms with Crippen molar-refractivity contribution in [3.8, 4) is 0 Å². The summed E-state index contributed by atoms with van der Waals surface area (Å²) in [5.41, 5.74) is 5.21. The number of carbonyl (C=O) groups excluding carboxylic acids is 1. The van der Waals surface area contributed by atoms with E-state index in [9.17, 15) is 17.6 Å². The van der Waals surface area contributed by atoms with Gasteiger partial charge in [0.2, 0.25) is 0 Å². The van der Waals surface area contributed by atoms with Crippen LogP contribution in [0.15, 0.2) is 17.0 Å². The van der Waals surface area contributed by atoms with Crippen molar-refractivity contribution in [2.75, 3.05) is 12.3 Å². The maximum Gasteiger partial charge on any atom is 0.328 e. The highest BCUT2D eigenvalue weighted by molar-refractivity contribution is 7.90. The van der Waals surface area contributed by atoms with E-state index in [1.165, 1.54) is 6.92 Å². The van der Waals surface area contributed by atoms with E-state index in [-0.39, 0.29) is 16.1 Å². The third-order valence-electron chi connectivity index (χ3n) is 2.35. The molecule has 0 radical (unpaired) electrons. The predicted molar refractivity (Wildman–Crippen MR) is 69.6 cm³/mol. The number of amides is 2. The molecule has 0 bridgehead atoms. The second kappa shape index (κ2) is 5.87. The van der Waals surface area contributed by atoms with Crippen molar-refractivity contribution in [3.05, 3.63) is 23.5 Å².